The van der Waals surface area contributed by atoms with E-state index in [2.05, 4.69) is 60.2 Å². The molecule has 1 N–H and O–H groups in total. The Morgan fingerprint density at radius 1 is 0.971 bits per heavy atom. The van der Waals surface area contributed by atoms with Gasteiger partial charge in [-0.1, -0.05) is 51.5 Å². The van der Waals surface area contributed by atoms with Crippen LogP contribution in [0, 0.1) is 5.92 Å². The highest BCUT2D eigenvalue weighted by Gasteiger charge is 2.53. The molecular weight excluding hydrogens is 440 g/mol. The monoisotopic (exact) mass is 484 g/mol. The number of rotatable bonds is 9. The van der Waals surface area contributed by atoms with Crippen LogP contribution in [-0.2, 0) is 27.4 Å². The number of piperazine rings is 1. The first-order valence-corrected chi connectivity index (χ1v) is 13.6. The number of nitrogens with zero attached hydrogens (tertiary/aromatic N) is 3. The Hall–Kier alpha value is -1.96. The van der Waals surface area contributed by atoms with Crippen LogP contribution in [0.3, 0.4) is 0 Å². The van der Waals surface area contributed by atoms with Gasteiger partial charge in [0.15, 0.2) is 0 Å². The Kier molecular flexibility index (Phi) is 8.84. The number of unbranched alkanes of at least 4 members (excludes halogenated alkanes) is 1. The maximum absolute atomic E-state index is 13.4. The number of hydrogen-bond acceptors (Lipinski definition) is 5. The van der Waals surface area contributed by atoms with Crippen molar-refractivity contribution in [2.24, 2.45) is 5.92 Å². The summed E-state index contributed by atoms with van der Waals surface area (Å²) in [6.45, 7) is 14.2. The highest BCUT2D eigenvalue weighted by atomic mass is 16.5. The molecule has 0 aliphatic carbocycles. The molecule has 35 heavy (non-hydrogen) atoms. The molecule has 2 amide bonds. The van der Waals surface area contributed by atoms with E-state index in [9.17, 15) is 9.59 Å². The third-order valence-corrected chi connectivity index (χ3v) is 7.87. The second-order valence-electron chi connectivity index (χ2n) is 11.0. The van der Waals surface area contributed by atoms with Crippen molar-refractivity contribution in [1.29, 1.82) is 0 Å². The molecule has 3 aliphatic rings. The number of benzene rings is 1. The number of piperidine rings is 1. The lowest BCUT2D eigenvalue weighted by molar-refractivity contribution is -0.161. The minimum atomic E-state index is -0.682. The summed E-state index contributed by atoms with van der Waals surface area (Å²) in [6, 6.07) is 8.58. The van der Waals surface area contributed by atoms with Gasteiger partial charge in [0, 0.05) is 45.8 Å². The van der Waals surface area contributed by atoms with Gasteiger partial charge in [-0.05, 0) is 42.7 Å². The Balaban J connectivity index is 1.36. The number of hydrogen-bond donors (Lipinski definition) is 1. The summed E-state index contributed by atoms with van der Waals surface area (Å²) in [4.78, 5) is 33.7. The van der Waals surface area contributed by atoms with Crippen molar-refractivity contribution in [3.8, 4) is 0 Å². The molecule has 7 heteroatoms. The van der Waals surface area contributed by atoms with Crippen molar-refractivity contribution < 1.29 is 14.3 Å². The van der Waals surface area contributed by atoms with E-state index < -0.39 is 5.54 Å². The van der Waals surface area contributed by atoms with Gasteiger partial charge in [0.2, 0.25) is 11.8 Å². The lowest BCUT2D eigenvalue weighted by Gasteiger charge is -2.52. The van der Waals surface area contributed by atoms with Crippen LogP contribution in [0.15, 0.2) is 24.3 Å². The molecule has 1 unspecified atom stereocenters. The lowest BCUT2D eigenvalue weighted by atomic mass is 9.80. The fourth-order valence-electron chi connectivity index (χ4n) is 5.75. The van der Waals surface area contributed by atoms with E-state index in [4.69, 9.17) is 4.74 Å². The Labute approximate surface area is 211 Å². The summed E-state index contributed by atoms with van der Waals surface area (Å²) >= 11 is 0. The number of ether oxygens (including phenoxy) is 1. The summed E-state index contributed by atoms with van der Waals surface area (Å²) in [5.74, 6) is 0.551. The summed E-state index contributed by atoms with van der Waals surface area (Å²) in [7, 11) is 0. The third-order valence-electron chi connectivity index (χ3n) is 7.87. The molecule has 1 spiro atoms. The van der Waals surface area contributed by atoms with Gasteiger partial charge in [-0.3, -0.25) is 19.4 Å². The van der Waals surface area contributed by atoms with Gasteiger partial charge in [-0.2, -0.15) is 0 Å². The van der Waals surface area contributed by atoms with Crippen LogP contribution in [0.2, 0.25) is 0 Å². The molecule has 1 aromatic rings. The highest BCUT2D eigenvalue weighted by Crippen LogP contribution is 2.34. The van der Waals surface area contributed by atoms with Crippen molar-refractivity contribution in [3.63, 3.8) is 0 Å². The first kappa shape index (κ1) is 26.1. The number of nitrogens with one attached hydrogen (secondary N) is 1. The van der Waals surface area contributed by atoms with Crippen LogP contribution in [0.5, 0.6) is 0 Å². The minimum Gasteiger partial charge on any atom is -0.379 e. The van der Waals surface area contributed by atoms with Crippen LogP contribution < -0.4 is 5.32 Å². The minimum absolute atomic E-state index is 0.0611. The molecule has 4 rings (SSSR count). The van der Waals surface area contributed by atoms with E-state index in [0.717, 1.165) is 65.3 Å². The summed E-state index contributed by atoms with van der Waals surface area (Å²) < 4.78 is 5.45. The fraction of sp³-hybridized carbons (Fsp3) is 0.714. The molecule has 1 aromatic carbocycles. The van der Waals surface area contributed by atoms with Crippen molar-refractivity contribution in [1.82, 2.24) is 20.0 Å². The SMILES string of the molecule is CCCCN1C(=O)C(CC(C)C)NC(=O)C12CCN(Cc1ccc(CN3CCOCC3)cc1)CC2. The number of carbonyl (C=O) groups is 2. The number of likely N-dealkylation sites (tertiary alicyclic amines) is 1. The van der Waals surface area contributed by atoms with Gasteiger partial charge >= 0.3 is 0 Å². The average molecular weight is 485 g/mol. The van der Waals surface area contributed by atoms with Gasteiger partial charge in [0.05, 0.1) is 13.2 Å². The van der Waals surface area contributed by atoms with Crippen LogP contribution in [0.25, 0.3) is 0 Å². The van der Waals surface area contributed by atoms with E-state index in [-0.39, 0.29) is 17.9 Å². The predicted molar refractivity (Wildman–Crippen MR) is 138 cm³/mol. The zero-order valence-corrected chi connectivity index (χ0v) is 21.9. The predicted octanol–water partition coefficient (Wildman–Crippen LogP) is 3.03. The molecule has 0 saturated carbocycles. The molecule has 194 valence electrons. The van der Waals surface area contributed by atoms with Gasteiger partial charge < -0.3 is 15.0 Å². The smallest absolute Gasteiger partial charge is 0.246 e. The van der Waals surface area contributed by atoms with Crippen LogP contribution in [0.4, 0.5) is 0 Å². The highest BCUT2D eigenvalue weighted by molar-refractivity contribution is 6.00. The Morgan fingerprint density at radius 2 is 1.54 bits per heavy atom. The van der Waals surface area contributed by atoms with Gasteiger partial charge in [-0.15, -0.1) is 0 Å². The van der Waals surface area contributed by atoms with Crippen molar-refractivity contribution in [2.75, 3.05) is 45.9 Å². The van der Waals surface area contributed by atoms with Crippen LogP contribution in [0.1, 0.15) is 64.0 Å². The molecule has 0 aromatic heterocycles. The van der Waals surface area contributed by atoms with Gasteiger partial charge in [0.1, 0.15) is 11.6 Å². The van der Waals surface area contributed by atoms with Crippen molar-refractivity contribution in [3.05, 3.63) is 35.4 Å². The van der Waals surface area contributed by atoms with Gasteiger partial charge in [-0.25, -0.2) is 0 Å². The van der Waals surface area contributed by atoms with Crippen molar-refractivity contribution in [2.45, 2.75) is 77.5 Å². The summed E-state index contributed by atoms with van der Waals surface area (Å²) in [5, 5.41) is 3.11. The topological polar surface area (TPSA) is 65.1 Å². The molecule has 1 atom stereocenters. The Morgan fingerprint density at radius 3 is 2.09 bits per heavy atom. The lowest BCUT2D eigenvalue weighted by Crippen LogP contribution is -2.73. The second kappa shape index (κ2) is 11.8. The molecule has 0 bridgehead atoms. The maximum atomic E-state index is 13.4. The maximum Gasteiger partial charge on any atom is 0.246 e. The standard InChI is InChI=1S/C28H44N4O3/c1-4-5-12-32-26(33)25(19-22(2)3)29-27(34)28(32)10-13-30(14-11-28)20-23-6-8-24(9-7-23)21-31-15-17-35-18-16-31/h6-9,22,25H,4-5,10-21H2,1-3H3,(H,29,34). The summed E-state index contributed by atoms with van der Waals surface area (Å²) in [6.07, 6.45) is 4.08. The zero-order valence-electron chi connectivity index (χ0n) is 21.9. The number of amides is 2. The quantitative estimate of drug-likeness (QED) is 0.584. The molecule has 3 fully saturated rings. The van der Waals surface area contributed by atoms with E-state index in [1.54, 1.807) is 0 Å². The second-order valence-corrected chi connectivity index (χ2v) is 11.0. The zero-order chi connectivity index (χ0) is 24.8. The van der Waals surface area contributed by atoms with Crippen LogP contribution >= 0.6 is 0 Å². The van der Waals surface area contributed by atoms with Crippen molar-refractivity contribution >= 4 is 11.8 Å². The number of carbonyl (C=O) groups excluding carboxylic acids is 2. The van der Waals surface area contributed by atoms with Crippen LogP contribution in [-0.4, -0.2) is 84.0 Å². The summed E-state index contributed by atoms with van der Waals surface area (Å²) in [5.41, 5.74) is 1.96. The fourth-order valence-corrected chi connectivity index (χ4v) is 5.75. The molecule has 0 radical (unpaired) electrons. The molecule has 3 saturated heterocycles. The first-order valence-electron chi connectivity index (χ1n) is 13.6. The normalized spacial score (nSPS) is 23.8. The van der Waals surface area contributed by atoms with Gasteiger partial charge in [0.25, 0.3) is 0 Å². The van der Waals surface area contributed by atoms with E-state index in [0.29, 0.717) is 31.7 Å². The largest absolute Gasteiger partial charge is 0.379 e. The van der Waals surface area contributed by atoms with E-state index in [1.807, 2.05) is 4.90 Å². The Bertz CT molecular complexity index is 842. The molecule has 3 heterocycles. The molecule has 3 aliphatic heterocycles. The third kappa shape index (κ3) is 6.25. The van der Waals surface area contributed by atoms with E-state index >= 15 is 0 Å². The first-order chi connectivity index (χ1) is 16.9. The molecular formula is C28H44N4O3. The average Bonchev–Trinajstić information content (AvgIpc) is 2.85. The number of morpholine rings is 1. The van der Waals surface area contributed by atoms with E-state index in [1.165, 1.54) is 11.1 Å². The molecule has 7 nitrogen and oxygen atoms in total.